The lowest BCUT2D eigenvalue weighted by molar-refractivity contribution is 0.0754. The predicted molar refractivity (Wildman–Crippen MR) is 79.3 cm³/mol. The molecule has 1 amide bonds. The van der Waals surface area contributed by atoms with Crippen LogP contribution in [0.1, 0.15) is 41.9 Å². The molecule has 0 unspecified atom stereocenters. The number of hydrogen-bond acceptors (Lipinski definition) is 2. The van der Waals surface area contributed by atoms with Gasteiger partial charge in [0.1, 0.15) is 11.3 Å². The predicted octanol–water partition coefficient (Wildman–Crippen LogP) is 3.31. The van der Waals surface area contributed by atoms with E-state index in [1.807, 2.05) is 22.4 Å². The van der Waals surface area contributed by atoms with Crippen LogP contribution in [0.15, 0.2) is 18.3 Å². The number of likely N-dealkylation sites (tertiary alicyclic amines) is 1. The van der Waals surface area contributed by atoms with Crippen LogP contribution < -0.4 is 0 Å². The van der Waals surface area contributed by atoms with E-state index >= 15 is 0 Å². The highest BCUT2D eigenvalue weighted by Gasteiger charge is 2.23. The van der Waals surface area contributed by atoms with Gasteiger partial charge in [-0.15, -0.1) is 0 Å². The Labute approximate surface area is 123 Å². The summed E-state index contributed by atoms with van der Waals surface area (Å²) < 4.78 is 1.84. The normalized spacial score (nSPS) is 16.4. The van der Waals surface area contributed by atoms with Crippen molar-refractivity contribution in [3.63, 3.8) is 0 Å². The molecule has 0 atom stereocenters. The molecule has 20 heavy (non-hydrogen) atoms. The lowest BCUT2D eigenvalue weighted by Crippen LogP contribution is -2.33. The van der Waals surface area contributed by atoms with Gasteiger partial charge in [0.2, 0.25) is 0 Å². The second-order valence-corrected chi connectivity index (χ2v) is 5.76. The topological polar surface area (TPSA) is 37.6 Å². The summed E-state index contributed by atoms with van der Waals surface area (Å²) in [5.74, 6) is 0.0826. The molecule has 0 N–H and O–H groups in total. The van der Waals surface area contributed by atoms with E-state index in [0.717, 1.165) is 37.3 Å². The summed E-state index contributed by atoms with van der Waals surface area (Å²) in [5, 5.41) is 0.635. The molecular formula is C15H18ClN3O. The van der Waals surface area contributed by atoms with Crippen LogP contribution in [-0.2, 0) is 0 Å². The van der Waals surface area contributed by atoms with Crippen LogP contribution in [0.2, 0.25) is 5.02 Å². The van der Waals surface area contributed by atoms with Gasteiger partial charge in [0.25, 0.3) is 5.91 Å². The summed E-state index contributed by atoms with van der Waals surface area (Å²) in [5.41, 5.74) is 2.16. The van der Waals surface area contributed by atoms with Crippen molar-refractivity contribution in [1.82, 2.24) is 14.3 Å². The molecule has 0 aromatic carbocycles. The highest BCUT2D eigenvalue weighted by atomic mass is 35.5. The Balaban J connectivity index is 2.00. The summed E-state index contributed by atoms with van der Waals surface area (Å²) in [4.78, 5) is 19.2. The minimum atomic E-state index is 0.0826. The maximum absolute atomic E-state index is 12.8. The summed E-state index contributed by atoms with van der Waals surface area (Å²) in [6.45, 7) is 3.57. The van der Waals surface area contributed by atoms with E-state index in [4.69, 9.17) is 11.6 Å². The molecular weight excluding hydrogens is 274 g/mol. The maximum atomic E-state index is 12.8. The number of carbonyl (C=O) groups excluding carboxylic acids is 1. The molecule has 0 spiro atoms. The van der Waals surface area contributed by atoms with Crippen molar-refractivity contribution >= 4 is 23.2 Å². The fourth-order valence-corrected chi connectivity index (χ4v) is 2.97. The van der Waals surface area contributed by atoms with Gasteiger partial charge in [-0.3, -0.25) is 9.20 Å². The first-order chi connectivity index (χ1) is 9.66. The molecule has 2 aromatic heterocycles. The molecule has 0 radical (unpaired) electrons. The van der Waals surface area contributed by atoms with Gasteiger partial charge in [-0.25, -0.2) is 4.98 Å². The van der Waals surface area contributed by atoms with Gasteiger partial charge in [-0.2, -0.15) is 0 Å². The number of aryl methyl sites for hydroxylation is 1. The van der Waals surface area contributed by atoms with Crippen molar-refractivity contribution in [2.24, 2.45) is 0 Å². The third-order valence-electron chi connectivity index (χ3n) is 3.86. The van der Waals surface area contributed by atoms with E-state index in [2.05, 4.69) is 4.98 Å². The number of amides is 1. The third kappa shape index (κ3) is 2.40. The third-order valence-corrected chi connectivity index (χ3v) is 4.09. The highest BCUT2D eigenvalue weighted by Crippen LogP contribution is 2.19. The van der Waals surface area contributed by atoms with Crippen molar-refractivity contribution < 1.29 is 4.79 Å². The van der Waals surface area contributed by atoms with E-state index < -0.39 is 0 Å². The van der Waals surface area contributed by atoms with Crippen molar-refractivity contribution in [1.29, 1.82) is 0 Å². The van der Waals surface area contributed by atoms with E-state index in [9.17, 15) is 4.79 Å². The Morgan fingerprint density at radius 1 is 1.25 bits per heavy atom. The van der Waals surface area contributed by atoms with Gasteiger partial charge in [0.15, 0.2) is 0 Å². The Kier molecular flexibility index (Phi) is 3.66. The van der Waals surface area contributed by atoms with Gasteiger partial charge in [0, 0.05) is 30.4 Å². The number of halogens is 1. The summed E-state index contributed by atoms with van der Waals surface area (Å²) in [7, 11) is 0. The standard InChI is InChI=1S/C15H18ClN3O/c1-11-14(15(20)18-7-4-2-3-5-8-18)19-9-6-12(16)10-13(19)17-11/h6,9-10H,2-5,7-8H2,1H3. The Morgan fingerprint density at radius 2 is 1.95 bits per heavy atom. The Morgan fingerprint density at radius 3 is 2.65 bits per heavy atom. The number of hydrogen-bond donors (Lipinski definition) is 0. The van der Waals surface area contributed by atoms with Gasteiger partial charge in [0.05, 0.1) is 5.69 Å². The van der Waals surface area contributed by atoms with Crippen LogP contribution in [0.4, 0.5) is 0 Å². The molecule has 5 heteroatoms. The molecule has 0 aliphatic carbocycles. The summed E-state index contributed by atoms with van der Waals surface area (Å²) in [6, 6.07) is 3.57. The van der Waals surface area contributed by atoms with Gasteiger partial charge in [-0.05, 0) is 25.8 Å². The van der Waals surface area contributed by atoms with Crippen molar-refractivity contribution in [2.45, 2.75) is 32.6 Å². The molecule has 1 aliphatic rings. The van der Waals surface area contributed by atoms with Gasteiger partial charge >= 0.3 is 0 Å². The maximum Gasteiger partial charge on any atom is 0.272 e. The molecule has 1 fully saturated rings. The number of imidazole rings is 1. The zero-order valence-electron chi connectivity index (χ0n) is 11.6. The molecule has 3 heterocycles. The van der Waals surface area contributed by atoms with E-state index in [1.165, 1.54) is 12.8 Å². The number of pyridine rings is 1. The minimum absolute atomic E-state index is 0.0826. The van der Waals surface area contributed by atoms with Crippen molar-refractivity contribution in [3.8, 4) is 0 Å². The molecule has 3 rings (SSSR count). The summed E-state index contributed by atoms with van der Waals surface area (Å²) >= 11 is 5.98. The number of carbonyl (C=O) groups is 1. The first-order valence-corrected chi connectivity index (χ1v) is 7.48. The fraction of sp³-hybridized carbons (Fsp3) is 0.467. The van der Waals surface area contributed by atoms with Gasteiger partial charge in [-0.1, -0.05) is 24.4 Å². The van der Waals surface area contributed by atoms with Crippen LogP contribution >= 0.6 is 11.6 Å². The smallest absolute Gasteiger partial charge is 0.272 e. The van der Waals surface area contributed by atoms with Crippen molar-refractivity contribution in [3.05, 3.63) is 34.7 Å². The monoisotopic (exact) mass is 291 g/mol. The average Bonchev–Trinajstić information content (AvgIpc) is 2.62. The molecule has 0 saturated carbocycles. The van der Waals surface area contributed by atoms with Gasteiger partial charge < -0.3 is 4.90 Å². The minimum Gasteiger partial charge on any atom is -0.337 e. The summed E-state index contributed by atoms with van der Waals surface area (Å²) in [6.07, 6.45) is 6.43. The zero-order chi connectivity index (χ0) is 14.1. The van der Waals surface area contributed by atoms with Crippen LogP contribution in [0.3, 0.4) is 0 Å². The van der Waals surface area contributed by atoms with E-state index in [0.29, 0.717) is 10.7 Å². The lowest BCUT2D eigenvalue weighted by atomic mass is 10.2. The second kappa shape index (κ2) is 5.44. The molecule has 1 aliphatic heterocycles. The number of nitrogens with zero attached hydrogens (tertiary/aromatic N) is 3. The van der Waals surface area contributed by atoms with E-state index in [-0.39, 0.29) is 5.91 Å². The molecule has 106 valence electrons. The average molecular weight is 292 g/mol. The van der Waals surface area contributed by atoms with Crippen LogP contribution in [0.5, 0.6) is 0 Å². The SMILES string of the molecule is Cc1nc2cc(Cl)ccn2c1C(=O)N1CCCCCC1. The Hall–Kier alpha value is -1.55. The Bertz CT molecular complexity index is 642. The zero-order valence-corrected chi connectivity index (χ0v) is 12.4. The van der Waals surface area contributed by atoms with Crippen molar-refractivity contribution in [2.75, 3.05) is 13.1 Å². The first kappa shape index (κ1) is 13.4. The number of aromatic nitrogens is 2. The van der Waals surface area contributed by atoms with Crippen LogP contribution in [-0.4, -0.2) is 33.3 Å². The van der Waals surface area contributed by atoms with Crippen LogP contribution in [0, 0.1) is 6.92 Å². The molecule has 0 bridgehead atoms. The first-order valence-electron chi connectivity index (χ1n) is 7.10. The number of fused-ring (bicyclic) bond motifs is 1. The number of rotatable bonds is 1. The highest BCUT2D eigenvalue weighted by molar-refractivity contribution is 6.30. The van der Waals surface area contributed by atoms with E-state index in [1.54, 1.807) is 12.1 Å². The lowest BCUT2D eigenvalue weighted by Gasteiger charge is -2.20. The molecule has 1 saturated heterocycles. The van der Waals surface area contributed by atoms with Crippen LogP contribution in [0.25, 0.3) is 5.65 Å². The molecule has 4 nitrogen and oxygen atoms in total. The molecule has 2 aromatic rings. The second-order valence-electron chi connectivity index (χ2n) is 5.33. The fourth-order valence-electron chi connectivity index (χ4n) is 2.82. The largest absolute Gasteiger partial charge is 0.337 e. The quantitative estimate of drug-likeness (QED) is 0.808.